The zero-order chi connectivity index (χ0) is 16.1. The monoisotopic (exact) mass is 302 g/mol. The molecule has 7 nitrogen and oxygen atoms in total. The van der Waals surface area contributed by atoms with Gasteiger partial charge in [0.15, 0.2) is 11.5 Å². The molecule has 1 aliphatic rings. The smallest absolute Gasteiger partial charge is 0.219 e. The summed E-state index contributed by atoms with van der Waals surface area (Å²) < 4.78 is 1.82. The molecular formula is C15H22N6O. The Labute approximate surface area is 129 Å². The molecule has 2 aromatic rings. The zero-order valence-electron chi connectivity index (χ0n) is 13.7. The number of anilines is 1. The lowest BCUT2D eigenvalue weighted by molar-refractivity contribution is -0.130. The molecule has 3 rings (SSSR count). The van der Waals surface area contributed by atoms with E-state index >= 15 is 0 Å². The molecule has 0 aromatic carbocycles. The van der Waals surface area contributed by atoms with Crippen molar-refractivity contribution in [2.45, 2.75) is 39.2 Å². The lowest BCUT2D eigenvalue weighted by atomic mass is 9.96. The van der Waals surface area contributed by atoms with Crippen LogP contribution in [0.15, 0.2) is 12.1 Å². The van der Waals surface area contributed by atoms with Crippen LogP contribution in [0, 0.1) is 0 Å². The molecule has 2 aromatic heterocycles. The van der Waals surface area contributed by atoms with E-state index in [-0.39, 0.29) is 17.4 Å². The first kappa shape index (κ1) is 14.7. The average Bonchev–Trinajstić information content (AvgIpc) is 2.79. The normalized spacial score (nSPS) is 16.0. The molecule has 118 valence electrons. The molecule has 1 amide bonds. The van der Waals surface area contributed by atoms with Gasteiger partial charge in [0.2, 0.25) is 5.91 Å². The Morgan fingerprint density at radius 2 is 1.95 bits per heavy atom. The molecule has 0 radical (unpaired) electrons. The Kier molecular flexibility index (Phi) is 3.30. The van der Waals surface area contributed by atoms with E-state index in [1.54, 1.807) is 11.8 Å². The molecule has 1 fully saturated rings. The first-order valence-electron chi connectivity index (χ1n) is 7.48. The van der Waals surface area contributed by atoms with Gasteiger partial charge in [0.05, 0.1) is 6.04 Å². The number of carbonyl (C=O) groups excluding carboxylic acids is 1. The molecule has 1 saturated heterocycles. The summed E-state index contributed by atoms with van der Waals surface area (Å²) in [6.45, 7) is 9.50. The van der Waals surface area contributed by atoms with Crippen molar-refractivity contribution in [3.05, 3.63) is 18.0 Å². The number of hydrogen-bond donors (Lipinski definition) is 0. The van der Waals surface area contributed by atoms with Gasteiger partial charge >= 0.3 is 0 Å². The highest BCUT2D eigenvalue weighted by Gasteiger charge is 2.32. The minimum absolute atomic E-state index is 0.0990. The summed E-state index contributed by atoms with van der Waals surface area (Å²) in [5.74, 6) is 1.84. The van der Waals surface area contributed by atoms with Gasteiger partial charge in [-0.15, -0.1) is 15.3 Å². The Hall–Kier alpha value is -2.18. The predicted molar refractivity (Wildman–Crippen MR) is 83.9 cm³/mol. The highest BCUT2D eigenvalue weighted by molar-refractivity contribution is 5.73. The first-order valence-corrected chi connectivity index (χ1v) is 7.48. The molecule has 0 bridgehead atoms. The zero-order valence-corrected chi connectivity index (χ0v) is 13.7. The van der Waals surface area contributed by atoms with Gasteiger partial charge in [0.1, 0.15) is 5.82 Å². The molecule has 0 atom stereocenters. The summed E-state index contributed by atoms with van der Waals surface area (Å²) in [6, 6.07) is 4.16. The van der Waals surface area contributed by atoms with Crippen molar-refractivity contribution < 1.29 is 4.79 Å². The van der Waals surface area contributed by atoms with Crippen molar-refractivity contribution in [3.63, 3.8) is 0 Å². The number of aromatic nitrogens is 4. The van der Waals surface area contributed by atoms with Gasteiger partial charge in [-0.2, -0.15) is 4.52 Å². The third-order valence-electron chi connectivity index (χ3n) is 4.15. The third kappa shape index (κ3) is 2.40. The fourth-order valence-corrected chi connectivity index (χ4v) is 2.56. The van der Waals surface area contributed by atoms with Gasteiger partial charge in [0.25, 0.3) is 0 Å². The van der Waals surface area contributed by atoms with E-state index in [0.29, 0.717) is 0 Å². The second-order valence-electron chi connectivity index (χ2n) is 6.92. The summed E-state index contributed by atoms with van der Waals surface area (Å²) in [7, 11) is 1.85. The van der Waals surface area contributed by atoms with E-state index in [1.807, 2.05) is 23.7 Å². The number of carbonyl (C=O) groups is 1. The summed E-state index contributed by atoms with van der Waals surface area (Å²) in [4.78, 5) is 15.3. The maximum absolute atomic E-state index is 11.4. The van der Waals surface area contributed by atoms with Crippen LogP contribution < -0.4 is 4.90 Å². The Morgan fingerprint density at radius 3 is 2.55 bits per heavy atom. The SMILES string of the molecule is CC(=O)N(C)C1CN(c2ccc3nnc(C(C)(C)C)n3n2)C1. The largest absolute Gasteiger partial charge is 0.351 e. The molecule has 0 spiro atoms. The second kappa shape index (κ2) is 4.93. The van der Waals surface area contributed by atoms with Crippen molar-refractivity contribution in [2.75, 3.05) is 25.0 Å². The van der Waals surface area contributed by atoms with E-state index in [4.69, 9.17) is 0 Å². The average molecular weight is 302 g/mol. The number of fused-ring (bicyclic) bond motifs is 1. The van der Waals surface area contributed by atoms with Gasteiger partial charge in [-0.05, 0) is 12.1 Å². The summed E-state index contributed by atoms with van der Waals surface area (Å²) in [5, 5.41) is 13.1. The molecule has 0 unspecified atom stereocenters. The molecule has 22 heavy (non-hydrogen) atoms. The maximum Gasteiger partial charge on any atom is 0.219 e. The van der Waals surface area contributed by atoms with Gasteiger partial charge < -0.3 is 9.80 Å². The maximum atomic E-state index is 11.4. The lowest BCUT2D eigenvalue weighted by Crippen LogP contribution is -2.59. The number of hydrogen-bond acceptors (Lipinski definition) is 5. The lowest BCUT2D eigenvalue weighted by Gasteiger charge is -2.44. The van der Waals surface area contributed by atoms with Crippen LogP contribution in [0.5, 0.6) is 0 Å². The van der Waals surface area contributed by atoms with Crippen LogP contribution in [-0.2, 0) is 10.2 Å². The van der Waals surface area contributed by atoms with Crippen LogP contribution in [-0.4, -0.2) is 56.8 Å². The van der Waals surface area contributed by atoms with Crippen LogP contribution >= 0.6 is 0 Å². The standard InChI is InChI=1S/C15H22N6O/c1-10(22)19(5)11-8-20(9-11)13-7-6-12-16-17-14(15(2,3)4)21(12)18-13/h6-7,11H,8-9H2,1-5H3. The van der Waals surface area contributed by atoms with Gasteiger partial charge in [0, 0.05) is 32.5 Å². The van der Waals surface area contributed by atoms with E-state index in [2.05, 4.69) is 41.0 Å². The summed E-state index contributed by atoms with van der Waals surface area (Å²) in [6.07, 6.45) is 0. The van der Waals surface area contributed by atoms with E-state index in [9.17, 15) is 4.79 Å². The highest BCUT2D eigenvalue weighted by atomic mass is 16.2. The topological polar surface area (TPSA) is 66.6 Å². The fourth-order valence-electron chi connectivity index (χ4n) is 2.56. The van der Waals surface area contributed by atoms with Crippen LogP contribution in [0.4, 0.5) is 5.82 Å². The van der Waals surface area contributed by atoms with Crippen LogP contribution in [0.1, 0.15) is 33.5 Å². The first-order chi connectivity index (χ1) is 10.3. The van der Waals surface area contributed by atoms with Crippen LogP contribution in [0.3, 0.4) is 0 Å². The van der Waals surface area contributed by atoms with Gasteiger partial charge in [-0.1, -0.05) is 20.8 Å². The van der Waals surface area contributed by atoms with E-state index < -0.39 is 0 Å². The number of likely N-dealkylation sites (N-methyl/N-ethyl adjacent to an activating group) is 1. The fraction of sp³-hybridized carbons (Fsp3) is 0.600. The summed E-state index contributed by atoms with van der Waals surface area (Å²) >= 11 is 0. The van der Waals surface area contributed by atoms with E-state index in [1.165, 1.54) is 0 Å². The van der Waals surface area contributed by atoms with Crippen molar-refractivity contribution in [1.29, 1.82) is 0 Å². The predicted octanol–water partition coefficient (Wildman–Crippen LogP) is 1.09. The molecule has 7 heteroatoms. The molecule has 3 heterocycles. The molecule has 0 N–H and O–H groups in total. The Balaban J connectivity index is 1.83. The van der Waals surface area contributed by atoms with Crippen molar-refractivity contribution >= 4 is 17.4 Å². The molecule has 1 aliphatic heterocycles. The minimum atomic E-state index is -0.114. The van der Waals surface area contributed by atoms with Crippen molar-refractivity contribution in [3.8, 4) is 0 Å². The minimum Gasteiger partial charge on any atom is -0.351 e. The Morgan fingerprint density at radius 1 is 1.27 bits per heavy atom. The summed E-state index contributed by atoms with van der Waals surface area (Å²) in [5.41, 5.74) is 0.642. The van der Waals surface area contributed by atoms with Crippen LogP contribution in [0.2, 0.25) is 0 Å². The number of rotatable bonds is 2. The Bertz CT molecular complexity index is 710. The molecule has 0 aliphatic carbocycles. The molecular weight excluding hydrogens is 280 g/mol. The van der Waals surface area contributed by atoms with Gasteiger partial charge in [-0.3, -0.25) is 4.79 Å². The number of amides is 1. The third-order valence-corrected chi connectivity index (χ3v) is 4.15. The van der Waals surface area contributed by atoms with Crippen LogP contribution in [0.25, 0.3) is 5.65 Å². The number of nitrogens with zero attached hydrogens (tertiary/aromatic N) is 6. The van der Waals surface area contributed by atoms with Gasteiger partial charge in [-0.25, -0.2) is 0 Å². The molecule has 0 saturated carbocycles. The van der Waals surface area contributed by atoms with Crippen molar-refractivity contribution in [2.24, 2.45) is 0 Å². The second-order valence-corrected chi connectivity index (χ2v) is 6.92. The van der Waals surface area contributed by atoms with Crippen molar-refractivity contribution in [1.82, 2.24) is 24.7 Å². The highest BCUT2D eigenvalue weighted by Crippen LogP contribution is 2.24. The quantitative estimate of drug-likeness (QED) is 0.831. The van der Waals surface area contributed by atoms with E-state index in [0.717, 1.165) is 30.4 Å².